The maximum Gasteiger partial charge on any atom is 0.317 e. The molecule has 2 N–H and O–H groups in total. The second kappa shape index (κ2) is 7.64. The molecule has 1 saturated heterocycles. The predicted molar refractivity (Wildman–Crippen MR) is 90.9 cm³/mol. The minimum Gasteiger partial charge on any atom is -0.394 e. The van der Waals surface area contributed by atoms with Crippen LogP contribution in [-0.2, 0) is 10.2 Å². The number of nitrogens with one attached hydrogen (secondary N) is 1. The largest absolute Gasteiger partial charge is 0.394 e. The first-order valence-electron chi connectivity index (χ1n) is 8.53. The van der Waals surface area contributed by atoms with Gasteiger partial charge in [0.15, 0.2) is 0 Å². The summed E-state index contributed by atoms with van der Waals surface area (Å²) >= 11 is 1.80. The Bertz CT molecular complexity index is 500. The highest BCUT2D eigenvalue weighted by Crippen LogP contribution is 2.41. The van der Waals surface area contributed by atoms with Crippen molar-refractivity contribution in [2.75, 3.05) is 32.8 Å². The van der Waals surface area contributed by atoms with Crippen LogP contribution in [0, 0.1) is 0 Å². The van der Waals surface area contributed by atoms with E-state index in [0.717, 1.165) is 12.8 Å². The van der Waals surface area contributed by atoms with Gasteiger partial charge in [0.1, 0.15) is 0 Å². The fourth-order valence-electron chi connectivity index (χ4n) is 3.69. The number of urea groups is 1. The molecule has 1 atom stereocenters. The molecule has 0 spiro atoms. The molecule has 23 heavy (non-hydrogen) atoms. The lowest BCUT2D eigenvalue weighted by Gasteiger charge is -2.38. The van der Waals surface area contributed by atoms with Crippen molar-refractivity contribution in [1.29, 1.82) is 0 Å². The molecule has 0 bridgehead atoms. The van der Waals surface area contributed by atoms with Crippen molar-refractivity contribution in [2.24, 2.45) is 0 Å². The van der Waals surface area contributed by atoms with E-state index in [2.05, 4.69) is 22.8 Å². The van der Waals surface area contributed by atoms with E-state index in [9.17, 15) is 9.90 Å². The standard InChI is InChI=1S/C17H26N2O3S/c20-12-14-11-19(8-9-22-14)16(21)18-13-17(6-2-1-3-7-17)15-5-4-10-23-15/h4-5,10,14,20H,1-3,6-9,11-13H2,(H,18,21)/t14-/m0/s1. The highest BCUT2D eigenvalue weighted by molar-refractivity contribution is 7.10. The fraction of sp³-hybridized carbons (Fsp3) is 0.706. The lowest BCUT2D eigenvalue weighted by atomic mass is 9.73. The van der Waals surface area contributed by atoms with E-state index in [4.69, 9.17) is 4.74 Å². The van der Waals surface area contributed by atoms with Crippen molar-refractivity contribution in [3.05, 3.63) is 22.4 Å². The van der Waals surface area contributed by atoms with Gasteiger partial charge in [-0.2, -0.15) is 0 Å². The van der Waals surface area contributed by atoms with Crippen molar-refractivity contribution >= 4 is 17.4 Å². The molecule has 1 aliphatic carbocycles. The topological polar surface area (TPSA) is 61.8 Å². The minimum absolute atomic E-state index is 0.0340. The zero-order valence-corrected chi connectivity index (χ0v) is 14.3. The van der Waals surface area contributed by atoms with Gasteiger partial charge in [0, 0.05) is 23.4 Å². The molecule has 5 nitrogen and oxygen atoms in total. The molecule has 2 aliphatic rings. The highest BCUT2D eigenvalue weighted by atomic mass is 32.1. The minimum atomic E-state index is -0.254. The molecule has 2 fully saturated rings. The number of morpholine rings is 1. The van der Waals surface area contributed by atoms with Crippen LogP contribution in [0.1, 0.15) is 37.0 Å². The molecule has 1 saturated carbocycles. The first-order chi connectivity index (χ1) is 11.2. The number of amides is 2. The first-order valence-corrected chi connectivity index (χ1v) is 9.41. The molecule has 128 valence electrons. The SMILES string of the molecule is O=C(NCC1(c2cccs2)CCCCC1)N1CCO[C@H](CO)C1. The second-order valence-electron chi connectivity index (χ2n) is 6.60. The molecular weight excluding hydrogens is 312 g/mol. The maximum absolute atomic E-state index is 12.5. The van der Waals surface area contributed by atoms with Gasteiger partial charge in [-0.1, -0.05) is 25.3 Å². The smallest absolute Gasteiger partial charge is 0.317 e. The summed E-state index contributed by atoms with van der Waals surface area (Å²) in [6, 6.07) is 4.28. The van der Waals surface area contributed by atoms with Crippen LogP contribution in [-0.4, -0.2) is 55.0 Å². The number of thiophene rings is 1. The Balaban J connectivity index is 1.61. The number of aliphatic hydroxyl groups is 1. The molecule has 1 aromatic rings. The Hall–Kier alpha value is -1.11. The van der Waals surface area contributed by atoms with Crippen molar-refractivity contribution in [3.63, 3.8) is 0 Å². The zero-order valence-electron chi connectivity index (χ0n) is 13.5. The molecule has 0 unspecified atom stereocenters. The highest BCUT2D eigenvalue weighted by Gasteiger charge is 2.35. The fourth-order valence-corrected chi connectivity index (χ4v) is 4.68. The summed E-state index contributed by atoms with van der Waals surface area (Å²) in [7, 11) is 0. The van der Waals surface area contributed by atoms with Crippen LogP contribution in [0.15, 0.2) is 17.5 Å². The van der Waals surface area contributed by atoms with Crippen LogP contribution in [0.3, 0.4) is 0 Å². The van der Waals surface area contributed by atoms with E-state index in [1.54, 1.807) is 16.2 Å². The third kappa shape index (κ3) is 3.87. The molecule has 0 aromatic carbocycles. The van der Waals surface area contributed by atoms with Crippen LogP contribution >= 0.6 is 11.3 Å². The monoisotopic (exact) mass is 338 g/mol. The summed E-state index contributed by atoms with van der Waals surface area (Å²) in [5.74, 6) is 0. The van der Waals surface area contributed by atoms with E-state index >= 15 is 0 Å². The Morgan fingerprint density at radius 3 is 2.96 bits per heavy atom. The predicted octanol–water partition coefficient (Wildman–Crippen LogP) is 2.35. The van der Waals surface area contributed by atoms with Crippen molar-refractivity contribution in [3.8, 4) is 0 Å². The quantitative estimate of drug-likeness (QED) is 0.886. The van der Waals surface area contributed by atoms with Crippen LogP contribution in [0.25, 0.3) is 0 Å². The Kier molecular flexibility index (Phi) is 5.56. The second-order valence-corrected chi connectivity index (χ2v) is 7.55. The molecule has 6 heteroatoms. The van der Waals surface area contributed by atoms with Crippen molar-refractivity contribution in [1.82, 2.24) is 10.2 Å². The number of rotatable bonds is 4. The molecule has 0 radical (unpaired) electrons. The summed E-state index contributed by atoms with van der Waals surface area (Å²) in [4.78, 5) is 15.7. The van der Waals surface area contributed by atoms with Gasteiger partial charge >= 0.3 is 6.03 Å². The van der Waals surface area contributed by atoms with E-state index in [1.165, 1.54) is 24.1 Å². The van der Waals surface area contributed by atoms with E-state index in [0.29, 0.717) is 26.2 Å². The number of nitrogens with zero attached hydrogens (tertiary/aromatic N) is 1. The van der Waals surface area contributed by atoms with Crippen molar-refractivity contribution in [2.45, 2.75) is 43.6 Å². The number of aliphatic hydroxyl groups excluding tert-OH is 1. The van der Waals surface area contributed by atoms with E-state index in [-0.39, 0.29) is 24.2 Å². The summed E-state index contributed by atoms with van der Waals surface area (Å²) in [5.41, 5.74) is 0.102. The van der Waals surface area contributed by atoms with Gasteiger partial charge in [0.25, 0.3) is 0 Å². The molecular formula is C17H26N2O3S. The summed E-state index contributed by atoms with van der Waals surface area (Å²) in [5, 5.41) is 14.5. The van der Waals surface area contributed by atoms with E-state index < -0.39 is 0 Å². The van der Waals surface area contributed by atoms with Crippen LogP contribution in [0.4, 0.5) is 4.79 Å². The van der Waals surface area contributed by atoms with Gasteiger partial charge in [0.05, 0.1) is 25.9 Å². The average Bonchev–Trinajstić information content (AvgIpc) is 3.16. The molecule has 2 heterocycles. The number of ether oxygens (including phenoxy) is 1. The number of hydrogen-bond acceptors (Lipinski definition) is 4. The number of hydrogen-bond donors (Lipinski definition) is 2. The van der Waals surface area contributed by atoms with Crippen LogP contribution in [0.2, 0.25) is 0 Å². The normalized spacial score (nSPS) is 24.4. The van der Waals surface area contributed by atoms with Crippen LogP contribution < -0.4 is 5.32 Å². The van der Waals surface area contributed by atoms with E-state index in [1.807, 2.05) is 0 Å². The summed E-state index contributed by atoms with van der Waals surface area (Å²) in [6.07, 6.45) is 5.81. The first kappa shape index (κ1) is 16.7. The van der Waals surface area contributed by atoms with Gasteiger partial charge in [-0.3, -0.25) is 0 Å². The molecule has 1 aliphatic heterocycles. The van der Waals surface area contributed by atoms with Gasteiger partial charge in [-0.15, -0.1) is 11.3 Å². The molecule has 3 rings (SSSR count). The van der Waals surface area contributed by atoms with Gasteiger partial charge < -0.3 is 20.1 Å². The third-order valence-electron chi connectivity index (χ3n) is 5.06. The van der Waals surface area contributed by atoms with Gasteiger partial charge in [-0.25, -0.2) is 4.79 Å². The lowest BCUT2D eigenvalue weighted by molar-refractivity contribution is -0.0404. The Labute approximate surface area is 141 Å². The lowest BCUT2D eigenvalue weighted by Crippen LogP contribution is -2.53. The number of carbonyl (C=O) groups excluding carboxylic acids is 1. The zero-order chi connectivity index (χ0) is 16.1. The van der Waals surface area contributed by atoms with Crippen molar-refractivity contribution < 1.29 is 14.6 Å². The average molecular weight is 338 g/mol. The number of carbonyl (C=O) groups is 1. The Morgan fingerprint density at radius 1 is 1.43 bits per heavy atom. The molecule has 2 amide bonds. The molecule has 1 aromatic heterocycles. The van der Waals surface area contributed by atoms with Crippen LogP contribution in [0.5, 0.6) is 0 Å². The van der Waals surface area contributed by atoms with Gasteiger partial charge in [-0.05, 0) is 24.3 Å². The maximum atomic E-state index is 12.5. The third-order valence-corrected chi connectivity index (χ3v) is 6.18. The Morgan fingerprint density at radius 2 is 2.26 bits per heavy atom. The van der Waals surface area contributed by atoms with Gasteiger partial charge in [0.2, 0.25) is 0 Å². The summed E-state index contributed by atoms with van der Waals surface area (Å²) < 4.78 is 5.41. The summed E-state index contributed by atoms with van der Waals surface area (Å²) in [6.45, 7) is 2.22.